The maximum absolute atomic E-state index is 9.33. The van der Waals surface area contributed by atoms with Gasteiger partial charge in [0.05, 0.1) is 16.9 Å². The Morgan fingerprint density at radius 1 is 1.30 bits per heavy atom. The fourth-order valence-electron chi connectivity index (χ4n) is 2.24. The third-order valence-electron chi connectivity index (χ3n) is 3.14. The minimum atomic E-state index is 0.646. The lowest BCUT2D eigenvalue weighted by molar-refractivity contribution is 0.910. The van der Waals surface area contributed by atoms with Crippen molar-refractivity contribution in [1.29, 1.82) is 5.26 Å². The number of hydrogen-bond acceptors (Lipinski definition) is 3. The number of nitriles is 1. The lowest BCUT2D eigenvalue weighted by Crippen LogP contribution is -2.18. The molecule has 102 valence electrons. The Kier molecular flexibility index (Phi) is 4.41. The van der Waals surface area contributed by atoms with E-state index in [0.717, 1.165) is 28.1 Å². The van der Waals surface area contributed by atoms with Crippen LogP contribution >= 0.6 is 15.9 Å². The zero-order chi connectivity index (χ0) is 14.7. The molecule has 0 aliphatic rings. The zero-order valence-corrected chi connectivity index (χ0v) is 13.4. The van der Waals surface area contributed by atoms with Gasteiger partial charge in [0.25, 0.3) is 0 Å². The van der Waals surface area contributed by atoms with E-state index < -0.39 is 0 Å². The van der Waals surface area contributed by atoms with Gasteiger partial charge in [0.15, 0.2) is 0 Å². The van der Waals surface area contributed by atoms with Crippen molar-refractivity contribution in [2.24, 2.45) is 0 Å². The molecule has 0 atom stereocenters. The van der Waals surface area contributed by atoms with E-state index in [9.17, 15) is 5.26 Å². The molecule has 0 N–H and O–H groups in total. The van der Waals surface area contributed by atoms with E-state index in [1.807, 2.05) is 39.1 Å². The monoisotopic (exact) mass is 329 g/mol. The third-order valence-corrected chi connectivity index (χ3v) is 3.63. The molecule has 0 aliphatic heterocycles. The Morgan fingerprint density at radius 3 is 2.70 bits per heavy atom. The van der Waals surface area contributed by atoms with Crippen LogP contribution in [0, 0.1) is 25.2 Å². The van der Waals surface area contributed by atoms with Gasteiger partial charge in [-0.2, -0.15) is 5.26 Å². The van der Waals surface area contributed by atoms with Crippen molar-refractivity contribution in [2.45, 2.75) is 20.4 Å². The molecule has 4 heteroatoms. The maximum Gasteiger partial charge on any atom is 0.103 e. The quantitative estimate of drug-likeness (QED) is 0.855. The number of aryl methyl sites for hydroxylation is 2. The first-order chi connectivity index (χ1) is 9.51. The van der Waals surface area contributed by atoms with Crippen molar-refractivity contribution in [1.82, 2.24) is 4.98 Å². The Labute approximate surface area is 128 Å². The molecule has 1 aromatic heterocycles. The minimum absolute atomic E-state index is 0.646. The summed E-state index contributed by atoms with van der Waals surface area (Å²) in [5.74, 6) is 0. The fraction of sp³-hybridized carbons (Fsp3) is 0.250. The lowest BCUT2D eigenvalue weighted by atomic mass is 10.1. The summed E-state index contributed by atoms with van der Waals surface area (Å²) in [6.07, 6.45) is 0. The Bertz CT molecular complexity index is 674. The van der Waals surface area contributed by atoms with Gasteiger partial charge in [-0.15, -0.1) is 0 Å². The van der Waals surface area contributed by atoms with E-state index in [4.69, 9.17) is 0 Å². The Balaban J connectivity index is 2.34. The summed E-state index contributed by atoms with van der Waals surface area (Å²) >= 11 is 3.48. The van der Waals surface area contributed by atoms with Crippen LogP contribution in [-0.4, -0.2) is 12.0 Å². The van der Waals surface area contributed by atoms with Crippen LogP contribution in [0.4, 0.5) is 5.69 Å². The smallest absolute Gasteiger partial charge is 0.103 e. The van der Waals surface area contributed by atoms with Gasteiger partial charge in [0.2, 0.25) is 0 Å². The highest BCUT2D eigenvalue weighted by Crippen LogP contribution is 2.24. The normalized spacial score (nSPS) is 10.2. The molecule has 0 amide bonds. The van der Waals surface area contributed by atoms with Crippen LogP contribution in [-0.2, 0) is 6.54 Å². The van der Waals surface area contributed by atoms with E-state index in [-0.39, 0.29) is 0 Å². The van der Waals surface area contributed by atoms with Crippen LogP contribution in [0.5, 0.6) is 0 Å². The molecule has 20 heavy (non-hydrogen) atoms. The van der Waals surface area contributed by atoms with Crippen LogP contribution < -0.4 is 4.90 Å². The van der Waals surface area contributed by atoms with E-state index in [2.05, 4.69) is 44.0 Å². The third kappa shape index (κ3) is 3.17. The molecule has 3 nitrogen and oxygen atoms in total. The standard InChI is InChI=1S/C16H16BrN3/c1-11-7-16(15(9-18)12(2)19-11)20(3)10-13-5-4-6-14(17)8-13/h4-8H,10H2,1-3H3. The number of pyridine rings is 1. The number of rotatable bonds is 3. The van der Waals surface area contributed by atoms with Crippen molar-refractivity contribution in [3.8, 4) is 6.07 Å². The maximum atomic E-state index is 9.33. The fourth-order valence-corrected chi connectivity index (χ4v) is 2.69. The molecule has 0 saturated carbocycles. The average Bonchev–Trinajstić information content (AvgIpc) is 2.37. The number of hydrogen-bond donors (Lipinski definition) is 0. The van der Waals surface area contributed by atoms with Gasteiger partial charge in [-0.05, 0) is 37.6 Å². The number of benzene rings is 1. The second-order valence-electron chi connectivity index (χ2n) is 4.84. The molecule has 2 aromatic rings. The summed E-state index contributed by atoms with van der Waals surface area (Å²) < 4.78 is 1.06. The number of halogens is 1. The van der Waals surface area contributed by atoms with Crippen LogP contribution in [0.25, 0.3) is 0 Å². The predicted molar refractivity (Wildman–Crippen MR) is 84.7 cm³/mol. The lowest BCUT2D eigenvalue weighted by Gasteiger charge is -2.22. The van der Waals surface area contributed by atoms with Crippen LogP contribution in [0.3, 0.4) is 0 Å². The summed E-state index contributed by atoms with van der Waals surface area (Å²) in [6, 6.07) is 12.4. The zero-order valence-electron chi connectivity index (χ0n) is 11.8. The molecule has 0 bridgehead atoms. The summed E-state index contributed by atoms with van der Waals surface area (Å²) in [4.78, 5) is 6.44. The van der Waals surface area contributed by atoms with Gasteiger partial charge in [0, 0.05) is 23.8 Å². The van der Waals surface area contributed by atoms with Crippen molar-refractivity contribution in [2.75, 3.05) is 11.9 Å². The molecule has 1 aromatic carbocycles. The molecule has 0 saturated heterocycles. The molecular weight excluding hydrogens is 314 g/mol. The van der Waals surface area contributed by atoms with E-state index in [1.165, 1.54) is 5.56 Å². The summed E-state index contributed by atoms with van der Waals surface area (Å²) in [7, 11) is 2.00. The van der Waals surface area contributed by atoms with Crippen LogP contribution in [0.2, 0.25) is 0 Å². The predicted octanol–water partition coefficient (Wildman–Crippen LogP) is 3.97. The van der Waals surface area contributed by atoms with Gasteiger partial charge >= 0.3 is 0 Å². The van der Waals surface area contributed by atoms with Crippen molar-refractivity contribution in [3.63, 3.8) is 0 Å². The first kappa shape index (κ1) is 14.5. The molecule has 0 radical (unpaired) electrons. The molecular formula is C16H16BrN3. The molecule has 0 fully saturated rings. The second-order valence-corrected chi connectivity index (χ2v) is 5.76. The number of anilines is 1. The highest BCUT2D eigenvalue weighted by atomic mass is 79.9. The minimum Gasteiger partial charge on any atom is -0.369 e. The summed E-state index contributed by atoms with van der Waals surface area (Å²) in [5, 5.41) is 9.33. The summed E-state index contributed by atoms with van der Waals surface area (Å²) in [5.41, 5.74) is 4.48. The average molecular weight is 330 g/mol. The number of nitrogens with zero attached hydrogens (tertiary/aromatic N) is 3. The molecule has 0 aliphatic carbocycles. The largest absolute Gasteiger partial charge is 0.369 e. The first-order valence-electron chi connectivity index (χ1n) is 6.35. The van der Waals surface area contributed by atoms with E-state index >= 15 is 0 Å². The van der Waals surface area contributed by atoms with Gasteiger partial charge < -0.3 is 4.90 Å². The van der Waals surface area contributed by atoms with Gasteiger partial charge in [-0.25, -0.2) is 0 Å². The van der Waals surface area contributed by atoms with Crippen LogP contribution in [0.15, 0.2) is 34.8 Å². The molecule has 1 heterocycles. The van der Waals surface area contributed by atoms with Crippen molar-refractivity contribution in [3.05, 3.63) is 57.3 Å². The van der Waals surface area contributed by atoms with Crippen molar-refractivity contribution >= 4 is 21.6 Å². The Hall–Kier alpha value is -1.86. The molecule has 0 unspecified atom stereocenters. The first-order valence-corrected chi connectivity index (χ1v) is 7.14. The van der Waals surface area contributed by atoms with Crippen LogP contribution in [0.1, 0.15) is 22.5 Å². The highest BCUT2D eigenvalue weighted by Gasteiger charge is 2.12. The Morgan fingerprint density at radius 2 is 2.05 bits per heavy atom. The van der Waals surface area contributed by atoms with E-state index in [0.29, 0.717) is 5.56 Å². The topological polar surface area (TPSA) is 39.9 Å². The van der Waals surface area contributed by atoms with Crippen molar-refractivity contribution < 1.29 is 0 Å². The van der Waals surface area contributed by atoms with Gasteiger partial charge in [0.1, 0.15) is 6.07 Å². The van der Waals surface area contributed by atoms with Gasteiger partial charge in [-0.3, -0.25) is 4.98 Å². The number of aromatic nitrogens is 1. The highest BCUT2D eigenvalue weighted by molar-refractivity contribution is 9.10. The SMILES string of the molecule is Cc1cc(N(C)Cc2cccc(Br)c2)c(C#N)c(C)n1. The van der Waals surface area contributed by atoms with E-state index in [1.54, 1.807) is 0 Å². The molecule has 0 spiro atoms. The van der Waals surface area contributed by atoms with Gasteiger partial charge in [-0.1, -0.05) is 28.1 Å². The summed E-state index contributed by atoms with van der Waals surface area (Å²) in [6.45, 7) is 4.57. The second kappa shape index (κ2) is 6.06. The molecule has 2 rings (SSSR count).